The third-order valence-electron chi connectivity index (χ3n) is 3.01. The number of ether oxygens (including phenoxy) is 1. The van der Waals surface area contributed by atoms with Gasteiger partial charge in [0.15, 0.2) is 11.5 Å². The molecule has 2 aromatic rings. The zero-order chi connectivity index (χ0) is 15.4. The molecule has 110 valence electrons. The summed E-state index contributed by atoms with van der Waals surface area (Å²) in [7, 11) is 0. The van der Waals surface area contributed by atoms with Crippen LogP contribution >= 0.6 is 0 Å². The van der Waals surface area contributed by atoms with Crippen LogP contribution in [0, 0.1) is 0 Å². The standard InChI is InChI=1S/C14H16N4O3/c1-3-18-8-11(17-12(15)13(18)19)14(20)21-9(2)10-4-6-16-7-5-10/h4-9H,3H2,1-2H3,(H2,15,17). The molecule has 2 heterocycles. The number of anilines is 1. The molecule has 0 aromatic carbocycles. The van der Waals surface area contributed by atoms with Crippen LogP contribution in [0.4, 0.5) is 5.82 Å². The molecule has 2 rings (SSSR count). The first kappa shape index (κ1) is 14.7. The van der Waals surface area contributed by atoms with E-state index in [1.165, 1.54) is 10.8 Å². The first-order chi connectivity index (χ1) is 10.0. The Balaban J connectivity index is 2.21. The first-order valence-corrected chi connectivity index (χ1v) is 6.50. The number of aromatic nitrogens is 3. The van der Waals surface area contributed by atoms with E-state index in [4.69, 9.17) is 10.5 Å². The highest BCUT2D eigenvalue weighted by Gasteiger charge is 2.17. The van der Waals surface area contributed by atoms with Gasteiger partial charge in [0.2, 0.25) is 0 Å². The summed E-state index contributed by atoms with van der Waals surface area (Å²) in [6.07, 6.45) is 4.13. The van der Waals surface area contributed by atoms with Gasteiger partial charge in [0.1, 0.15) is 6.10 Å². The molecule has 7 heteroatoms. The minimum absolute atomic E-state index is 0.00913. The van der Waals surface area contributed by atoms with E-state index in [9.17, 15) is 9.59 Å². The van der Waals surface area contributed by atoms with Gasteiger partial charge in [0, 0.05) is 25.1 Å². The van der Waals surface area contributed by atoms with E-state index >= 15 is 0 Å². The topological polar surface area (TPSA) is 100 Å². The van der Waals surface area contributed by atoms with Gasteiger partial charge in [-0.3, -0.25) is 9.78 Å². The second-order valence-corrected chi connectivity index (χ2v) is 4.43. The third-order valence-corrected chi connectivity index (χ3v) is 3.01. The summed E-state index contributed by atoms with van der Waals surface area (Å²) in [4.78, 5) is 31.4. The number of aryl methyl sites for hydroxylation is 1. The second kappa shape index (κ2) is 6.17. The Hall–Kier alpha value is -2.70. The number of hydrogen-bond donors (Lipinski definition) is 1. The van der Waals surface area contributed by atoms with E-state index in [0.717, 1.165) is 5.56 Å². The first-order valence-electron chi connectivity index (χ1n) is 6.50. The summed E-state index contributed by atoms with van der Waals surface area (Å²) in [5.41, 5.74) is 5.92. The quantitative estimate of drug-likeness (QED) is 0.847. The van der Waals surface area contributed by atoms with Gasteiger partial charge in [-0.2, -0.15) is 0 Å². The highest BCUT2D eigenvalue weighted by Crippen LogP contribution is 2.17. The molecular formula is C14H16N4O3. The maximum Gasteiger partial charge on any atom is 0.359 e. The number of rotatable bonds is 4. The number of esters is 1. The van der Waals surface area contributed by atoms with Gasteiger partial charge < -0.3 is 15.0 Å². The largest absolute Gasteiger partial charge is 0.453 e. The zero-order valence-corrected chi connectivity index (χ0v) is 11.8. The van der Waals surface area contributed by atoms with Crippen molar-refractivity contribution in [1.29, 1.82) is 0 Å². The lowest BCUT2D eigenvalue weighted by Crippen LogP contribution is -2.26. The monoisotopic (exact) mass is 288 g/mol. The maximum absolute atomic E-state index is 12.1. The molecule has 0 aliphatic carbocycles. The number of carbonyl (C=O) groups excluding carboxylic acids is 1. The Morgan fingerprint density at radius 1 is 1.43 bits per heavy atom. The summed E-state index contributed by atoms with van der Waals surface area (Å²) in [5, 5.41) is 0. The van der Waals surface area contributed by atoms with Gasteiger partial charge >= 0.3 is 5.97 Å². The molecule has 7 nitrogen and oxygen atoms in total. The zero-order valence-electron chi connectivity index (χ0n) is 11.8. The molecule has 0 radical (unpaired) electrons. The summed E-state index contributed by atoms with van der Waals surface area (Å²) < 4.78 is 6.63. The van der Waals surface area contributed by atoms with Crippen LogP contribution in [0.25, 0.3) is 0 Å². The van der Waals surface area contributed by atoms with Crippen LogP contribution in [0.5, 0.6) is 0 Å². The van der Waals surface area contributed by atoms with Crippen LogP contribution in [0.1, 0.15) is 36.0 Å². The average Bonchev–Trinajstić information content (AvgIpc) is 2.50. The van der Waals surface area contributed by atoms with E-state index in [0.29, 0.717) is 6.54 Å². The molecule has 2 N–H and O–H groups in total. The molecule has 0 aliphatic heterocycles. The normalized spacial score (nSPS) is 11.9. The number of pyridine rings is 1. The molecule has 0 spiro atoms. The molecule has 0 saturated carbocycles. The van der Waals surface area contributed by atoms with Crippen molar-refractivity contribution in [3.63, 3.8) is 0 Å². The van der Waals surface area contributed by atoms with Crippen molar-refractivity contribution in [3.8, 4) is 0 Å². The van der Waals surface area contributed by atoms with Gasteiger partial charge in [-0.15, -0.1) is 0 Å². The van der Waals surface area contributed by atoms with Crippen LogP contribution in [0.3, 0.4) is 0 Å². The van der Waals surface area contributed by atoms with Crippen LogP contribution in [-0.4, -0.2) is 20.5 Å². The average molecular weight is 288 g/mol. The second-order valence-electron chi connectivity index (χ2n) is 4.43. The predicted octanol–water partition coefficient (Wildman–Crippen LogP) is 1.16. The fraction of sp³-hybridized carbons (Fsp3) is 0.286. The van der Waals surface area contributed by atoms with Gasteiger partial charge in [-0.1, -0.05) is 0 Å². The van der Waals surface area contributed by atoms with Crippen molar-refractivity contribution >= 4 is 11.8 Å². The van der Waals surface area contributed by atoms with Crippen LogP contribution in [-0.2, 0) is 11.3 Å². The Kier molecular flexibility index (Phi) is 4.32. The molecular weight excluding hydrogens is 272 g/mol. The SMILES string of the molecule is CCn1cc(C(=O)OC(C)c2ccncc2)nc(N)c1=O. The van der Waals surface area contributed by atoms with E-state index in [-0.39, 0.29) is 11.5 Å². The molecule has 0 saturated heterocycles. The van der Waals surface area contributed by atoms with Crippen molar-refractivity contribution in [3.05, 3.63) is 52.3 Å². The van der Waals surface area contributed by atoms with Gasteiger partial charge in [-0.05, 0) is 31.5 Å². The highest BCUT2D eigenvalue weighted by molar-refractivity contribution is 5.87. The fourth-order valence-electron chi connectivity index (χ4n) is 1.82. The van der Waals surface area contributed by atoms with Crippen LogP contribution in [0.2, 0.25) is 0 Å². The summed E-state index contributed by atoms with van der Waals surface area (Å²) in [6.45, 7) is 3.91. The number of nitrogen functional groups attached to an aromatic ring is 1. The Morgan fingerprint density at radius 3 is 2.71 bits per heavy atom. The molecule has 1 atom stereocenters. The lowest BCUT2D eigenvalue weighted by atomic mass is 10.2. The van der Waals surface area contributed by atoms with Crippen LogP contribution < -0.4 is 11.3 Å². The van der Waals surface area contributed by atoms with Gasteiger partial charge in [0.25, 0.3) is 5.56 Å². The third kappa shape index (κ3) is 3.25. The van der Waals surface area contributed by atoms with E-state index in [1.54, 1.807) is 38.4 Å². The summed E-state index contributed by atoms with van der Waals surface area (Å²) >= 11 is 0. The van der Waals surface area contributed by atoms with Gasteiger partial charge in [0.05, 0.1) is 0 Å². The van der Waals surface area contributed by atoms with Crippen molar-refractivity contribution in [1.82, 2.24) is 14.5 Å². The highest BCUT2D eigenvalue weighted by atomic mass is 16.5. The van der Waals surface area contributed by atoms with Crippen molar-refractivity contribution in [2.75, 3.05) is 5.73 Å². The molecule has 2 aromatic heterocycles. The Labute approximate surface area is 121 Å². The lowest BCUT2D eigenvalue weighted by Gasteiger charge is -2.13. The number of nitrogens with zero attached hydrogens (tertiary/aromatic N) is 3. The minimum atomic E-state index is -0.631. The number of nitrogens with two attached hydrogens (primary N) is 1. The molecule has 0 aliphatic rings. The van der Waals surface area contributed by atoms with Gasteiger partial charge in [-0.25, -0.2) is 9.78 Å². The molecule has 0 bridgehead atoms. The molecule has 21 heavy (non-hydrogen) atoms. The molecule has 1 unspecified atom stereocenters. The lowest BCUT2D eigenvalue weighted by molar-refractivity contribution is 0.0329. The van der Waals surface area contributed by atoms with Crippen molar-refractivity contribution in [2.24, 2.45) is 0 Å². The maximum atomic E-state index is 12.1. The van der Waals surface area contributed by atoms with Crippen molar-refractivity contribution in [2.45, 2.75) is 26.5 Å². The predicted molar refractivity (Wildman–Crippen MR) is 76.7 cm³/mol. The summed E-state index contributed by atoms with van der Waals surface area (Å²) in [6, 6.07) is 3.51. The van der Waals surface area contributed by atoms with Crippen LogP contribution in [0.15, 0.2) is 35.5 Å². The van der Waals surface area contributed by atoms with Crippen molar-refractivity contribution < 1.29 is 9.53 Å². The number of carbonyl (C=O) groups is 1. The molecule has 0 fully saturated rings. The Bertz CT molecular complexity index is 697. The number of hydrogen-bond acceptors (Lipinski definition) is 6. The summed E-state index contributed by atoms with van der Waals surface area (Å²) in [5.74, 6) is -0.851. The Morgan fingerprint density at radius 2 is 2.10 bits per heavy atom. The fourth-order valence-corrected chi connectivity index (χ4v) is 1.82. The smallest absolute Gasteiger partial charge is 0.359 e. The van der Waals surface area contributed by atoms with E-state index in [1.807, 2.05) is 0 Å². The minimum Gasteiger partial charge on any atom is -0.453 e. The van der Waals surface area contributed by atoms with E-state index in [2.05, 4.69) is 9.97 Å². The van der Waals surface area contributed by atoms with E-state index < -0.39 is 17.6 Å². The molecule has 0 amide bonds.